The summed E-state index contributed by atoms with van der Waals surface area (Å²) < 4.78 is 17.5. The highest BCUT2D eigenvalue weighted by atomic mass is 79.9. The van der Waals surface area contributed by atoms with Crippen LogP contribution in [-0.2, 0) is 16.1 Å². The Hall–Kier alpha value is -3.09. The van der Waals surface area contributed by atoms with Crippen LogP contribution in [0.25, 0.3) is 6.08 Å². The van der Waals surface area contributed by atoms with Crippen molar-refractivity contribution in [3.63, 3.8) is 0 Å². The lowest BCUT2D eigenvalue weighted by atomic mass is 10.1. The minimum Gasteiger partial charge on any atom is -0.493 e. The Morgan fingerprint density at radius 2 is 1.90 bits per heavy atom. The fourth-order valence-corrected chi connectivity index (χ4v) is 3.61. The van der Waals surface area contributed by atoms with Crippen molar-refractivity contribution in [2.75, 3.05) is 7.11 Å². The van der Waals surface area contributed by atoms with E-state index in [9.17, 15) is 4.79 Å². The van der Waals surface area contributed by atoms with Gasteiger partial charge in [-0.15, -0.1) is 0 Å². The van der Waals surface area contributed by atoms with Gasteiger partial charge in [-0.25, -0.2) is 9.79 Å². The molecule has 0 atom stereocenters. The van der Waals surface area contributed by atoms with Crippen molar-refractivity contribution in [3.05, 3.63) is 98.6 Å². The maximum absolute atomic E-state index is 12.3. The van der Waals surface area contributed by atoms with Gasteiger partial charge in [0, 0.05) is 15.1 Å². The first-order valence-corrected chi connectivity index (χ1v) is 10.5. The normalized spacial score (nSPS) is 14.4. The van der Waals surface area contributed by atoms with Crippen LogP contribution in [0.2, 0.25) is 5.02 Å². The number of nitrogens with zero attached hydrogens (tertiary/aromatic N) is 1. The van der Waals surface area contributed by atoms with E-state index >= 15 is 0 Å². The summed E-state index contributed by atoms with van der Waals surface area (Å²) in [5.41, 5.74) is 2.61. The largest absolute Gasteiger partial charge is 0.493 e. The second kappa shape index (κ2) is 9.37. The maximum atomic E-state index is 12.3. The molecule has 156 valence electrons. The average molecular weight is 499 g/mol. The molecule has 1 aliphatic rings. The lowest BCUT2D eigenvalue weighted by Gasteiger charge is -2.11. The number of halogens is 2. The summed E-state index contributed by atoms with van der Waals surface area (Å²) in [5, 5.41) is 0.654. The van der Waals surface area contributed by atoms with E-state index in [1.54, 1.807) is 25.3 Å². The van der Waals surface area contributed by atoms with Crippen LogP contribution in [0, 0.1) is 0 Å². The molecule has 3 aromatic carbocycles. The number of hydrogen-bond donors (Lipinski definition) is 0. The van der Waals surface area contributed by atoms with Crippen molar-refractivity contribution in [1.29, 1.82) is 0 Å². The topological polar surface area (TPSA) is 57.1 Å². The zero-order chi connectivity index (χ0) is 21.8. The van der Waals surface area contributed by atoms with Crippen molar-refractivity contribution >= 4 is 45.5 Å². The standard InChI is InChI=1S/C24H17BrClNO4/c1-29-22-12-15(8-9-21(22)30-14-16-4-2-7-19(26)10-16)11-20-24(28)31-23(27-20)17-5-3-6-18(25)13-17/h2-13H,14H2,1H3/b20-11-. The summed E-state index contributed by atoms with van der Waals surface area (Å²) in [6, 6.07) is 20.3. The number of carbonyl (C=O) groups is 1. The molecule has 0 bridgehead atoms. The molecule has 0 spiro atoms. The zero-order valence-corrected chi connectivity index (χ0v) is 18.8. The molecule has 0 N–H and O–H groups in total. The first-order valence-electron chi connectivity index (χ1n) is 9.35. The van der Waals surface area contributed by atoms with Crippen molar-refractivity contribution in [2.24, 2.45) is 4.99 Å². The first kappa shape index (κ1) is 21.2. The molecule has 4 rings (SSSR count). The van der Waals surface area contributed by atoms with Crippen LogP contribution in [0.1, 0.15) is 16.7 Å². The van der Waals surface area contributed by atoms with E-state index < -0.39 is 5.97 Å². The highest BCUT2D eigenvalue weighted by molar-refractivity contribution is 9.10. The number of aliphatic imine (C=N–C) groups is 1. The SMILES string of the molecule is COc1cc(/C=C2\N=C(c3cccc(Br)c3)OC2=O)ccc1OCc1cccc(Cl)c1. The van der Waals surface area contributed by atoms with Gasteiger partial charge in [0.05, 0.1) is 7.11 Å². The van der Waals surface area contributed by atoms with Gasteiger partial charge in [0.1, 0.15) is 6.61 Å². The first-order chi connectivity index (χ1) is 15.0. The number of benzene rings is 3. The summed E-state index contributed by atoms with van der Waals surface area (Å²) in [6.07, 6.45) is 1.65. The molecule has 0 radical (unpaired) electrons. The molecule has 1 aliphatic heterocycles. The van der Waals surface area contributed by atoms with Crippen molar-refractivity contribution in [2.45, 2.75) is 6.61 Å². The number of carbonyl (C=O) groups excluding carboxylic acids is 1. The maximum Gasteiger partial charge on any atom is 0.363 e. The number of cyclic esters (lactones) is 1. The molecule has 3 aromatic rings. The van der Waals surface area contributed by atoms with Crippen LogP contribution < -0.4 is 9.47 Å². The Morgan fingerprint density at radius 1 is 1.06 bits per heavy atom. The summed E-state index contributed by atoms with van der Waals surface area (Å²) in [5.74, 6) is 0.886. The summed E-state index contributed by atoms with van der Waals surface area (Å²) in [6.45, 7) is 0.351. The van der Waals surface area contributed by atoms with E-state index in [1.165, 1.54) is 0 Å². The molecule has 1 heterocycles. The molecule has 31 heavy (non-hydrogen) atoms. The third kappa shape index (κ3) is 5.16. The lowest BCUT2D eigenvalue weighted by molar-refractivity contribution is -0.129. The van der Waals surface area contributed by atoms with Gasteiger partial charge in [0.25, 0.3) is 0 Å². The average Bonchev–Trinajstić information content (AvgIpc) is 3.13. The monoisotopic (exact) mass is 497 g/mol. The predicted molar refractivity (Wildman–Crippen MR) is 124 cm³/mol. The molecular formula is C24H17BrClNO4. The van der Waals surface area contributed by atoms with E-state index in [1.807, 2.05) is 54.6 Å². The van der Waals surface area contributed by atoms with Crippen LogP contribution in [0.15, 0.2) is 81.9 Å². The summed E-state index contributed by atoms with van der Waals surface area (Å²) in [4.78, 5) is 16.6. The van der Waals surface area contributed by atoms with Crippen molar-refractivity contribution in [3.8, 4) is 11.5 Å². The molecule has 7 heteroatoms. The van der Waals surface area contributed by atoms with Gasteiger partial charge < -0.3 is 14.2 Å². The van der Waals surface area contributed by atoms with Gasteiger partial charge in [0.15, 0.2) is 17.2 Å². The van der Waals surface area contributed by atoms with Gasteiger partial charge >= 0.3 is 5.97 Å². The number of esters is 1. The Balaban J connectivity index is 1.54. The lowest BCUT2D eigenvalue weighted by Crippen LogP contribution is -2.05. The van der Waals surface area contributed by atoms with E-state index in [2.05, 4.69) is 20.9 Å². The van der Waals surface area contributed by atoms with Crippen LogP contribution in [0.3, 0.4) is 0 Å². The van der Waals surface area contributed by atoms with Crippen LogP contribution in [0.4, 0.5) is 0 Å². The van der Waals surface area contributed by atoms with Crippen LogP contribution in [-0.4, -0.2) is 19.0 Å². The van der Waals surface area contributed by atoms with E-state index in [0.717, 1.165) is 15.6 Å². The number of ether oxygens (including phenoxy) is 3. The van der Waals surface area contributed by atoms with Gasteiger partial charge in [-0.2, -0.15) is 0 Å². The Kier molecular flexibility index (Phi) is 6.39. The van der Waals surface area contributed by atoms with Crippen molar-refractivity contribution in [1.82, 2.24) is 0 Å². The van der Waals surface area contributed by atoms with E-state index in [-0.39, 0.29) is 11.6 Å². The quantitative estimate of drug-likeness (QED) is 0.307. The minimum atomic E-state index is -0.504. The van der Waals surface area contributed by atoms with Crippen LogP contribution in [0.5, 0.6) is 11.5 Å². The number of rotatable bonds is 6. The van der Waals surface area contributed by atoms with Gasteiger partial charge in [-0.3, -0.25) is 0 Å². The van der Waals surface area contributed by atoms with E-state index in [4.69, 9.17) is 25.8 Å². The second-order valence-electron chi connectivity index (χ2n) is 6.68. The van der Waals surface area contributed by atoms with Gasteiger partial charge in [-0.1, -0.05) is 51.8 Å². The second-order valence-corrected chi connectivity index (χ2v) is 8.03. The summed E-state index contributed by atoms with van der Waals surface area (Å²) in [7, 11) is 1.56. The third-order valence-electron chi connectivity index (χ3n) is 4.47. The van der Waals surface area contributed by atoms with Gasteiger partial charge in [-0.05, 0) is 59.7 Å². The molecule has 0 saturated heterocycles. The third-order valence-corrected chi connectivity index (χ3v) is 5.19. The highest BCUT2D eigenvalue weighted by Crippen LogP contribution is 2.30. The van der Waals surface area contributed by atoms with Crippen molar-refractivity contribution < 1.29 is 19.0 Å². The van der Waals surface area contributed by atoms with Gasteiger partial charge in [0.2, 0.25) is 5.90 Å². The molecule has 0 fully saturated rings. The Morgan fingerprint density at radius 3 is 2.68 bits per heavy atom. The summed E-state index contributed by atoms with van der Waals surface area (Å²) >= 11 is 9.42. The number of hydrogen-bond acceptors (Lipinski definition) is 5. The molecule has 0 aromatic heterocycles. The van der Waals surface area contributed by atoms with E-state index in [0.29, 0.717) is 28.7 Å². The number of methoxy groups -OCH3 is 1. The van der Waals surface area contributed by atoms with Crippen LogP contribution >= 0.6 is 27.5 Å². The predicted octanol–water partition coefficient (Wildman–Crippen LogP) is 6.03. The molecule has 0 unspecified atom stereocenters. The fourth-order valence-electron chi connectivity index (χ4n) is 2.99. The molecule has 5 nitrogen and oxygen atoms in total. The molecule has 0 amide bonds. The molecule has 0 saturated carbocycles. The smallest absolute Gasteiger partial charge is 0.363 e. The Bertz CT molecular complexity index is 1210. The molecular weight excluding hydrogens is 482 g/mol. The zero-order valence-electron chi connectivity index (χ0n) is 16.5. The highest BCUT2D eigenvalue weighted by Gasteiger charge is 2.24. The minimum absolute atomic E-state index is 0.213. The fraction of sp³-hybridized carbons (Fsp3) is 0.0833. The Labute approximate surface area is 193 Å². The molecule has 0 aliphatic carbocycles.